The lowest BCUT2D eigenvalue weighted by atomic mass is 10.1. The van der Waals surface area contributed by atoms with Crippen LogP contribution in [0.25, 0.3) is 0 Å². The van der Waals surface area contributed by atoms with Gasteiger partial charge in [-0.3, -0.25) is 4.79 Å². The number of fused-ring (bicyclic) bond motifs is 1. The number of carbonyl (C=O) groups excluding carboxylic acids is 1. The van der Waals surface area contributed by atoms with Crippen LogP contribution in [0.15, 0.2) is 64.4 Å². The van der Waals surface area contributed by atoms with Crippen molar-refractivity contribution in [1.29, 1.82) is 0 Å². The van der Waals surface area contributed by atoms with Crippen LogP contribution in [0.1, 0.15) is 10.4 Å². The highest BCUT2D eigenvalue weighted by atomic mass is 32.2. The second kappa shape index (κ2) is 5.41. The molecule has 0 saturated heterocycles. The minimum absolute atomic E-state index is 0.162. The van der Waals surface area contributed by atoms with Crippen LogP contribution in [-0.2, 0) is 0 Å². The molecule has 1 unspecified atom stereocenters. The van der Waals surface area contributed by atoms with Crippen molar-refractivity contribution >= 4 is 29.5 Å². The van der Waals surface area contributed by atoms with Crippen LogP contribution in [0, 0.1) is 0 Å². The first kappa shape index (κ1) is 12.8. The molecule has 0 aromatic heterocycles. The number of hydrogen-bond donors (Lipinski definition) is 0. The summed E-state index contributed by atoms with van der Waals surface area (Å²) in [5, 5.41) is -0.165. The van der Waals surface area contributed by atoms with E-state index in [1.807, 2.05) is 53.8 Å². The Bertz CT molecular complexity index is 600. The molecule has 2 aromatic rings. The second-order valence-electron chi connectivity index (χ2n) is 4.28. The lowest BCUT2D eigenvalue weighted by molar-refractivity contribution is 0.0959. The van der Waals surface area contributed by atoms with E-state index in [1.54, 1.807) is 23.7 Å². The van der Waals surface area contributed by atoms with Crippen molar-refractivity contribution in [3.63, 3.8) is 0 Å². The number of carbonyl (C=O) groups is 1. The number of likely N-dealkylation sites (N-methyl/N-ethyl adjacent to an activating group) is 1. The Labute approximate surface area is 121 Å². The molecule has 0 N–H and O–H groups in total. The molecule has 4 heteroatoms. The maximum Gasteiger partial charge on any atom is 0.191 e. The SMILES string of the molecule is CN1Sc2ccccc2SC1C(=O)c1ccccc1. The number of nitrogens with zero attached hydrogens (tertiary/aromatic N) is 1. The van der Waals surface area contributed by atoms with E-state index in [0.717, 1.165) is 5.56 Å². The molecule has 0 fully saturated rings. The van der Waals surface area contributed by atoms with Gasteiger partial charge in [-0.05, 0) is 31.1 Å². The first-order chi connectivity index (χ1) is 9.25. The minimum atomic E-state index is -0.165. The zero-order chi connectivity index (χ0) is 13.2. The van der Waals surface area contributed by atoms with Gasteiger partial charge in [-0.1, -0.05) is 54.2 Å². The zero-order valence-corrected chi connectivity index (χ0v) is 12.1. The Morgan fingerprint density at radius 3 is 2.37 bits per heavy atom. The van der Waals surface area contributed by atoms with E-state index in [0.29, 0.717) is 0 Å². The summed E-state index contributed by atoms with van der Waals surface area (Å²) in [5.74, 6) is 0.162. The number of hydrogen-bond acceptors (Lipinski definition) is 4. The summed E-state index contributed by atoms with van der Waals surface area (Å²) >= 11 is 3.26. The van der Waals surface area contributed by atoms with Crippen molar-refractivity contribution in [3.8, 4) is 0 Å². The summed E-state index contributed by atoms with van der Waals surface area (Å²) in [4.78, 5) is 14.9. The Morgan fingerprint density at radius 2 is 1.63 bits per heavy atom. The molecular weight excluding hydrogens is 274 g/mol. The Hall–Kier alpha value is -1.23. The molecule has 0 bridgehead atoms. The zero-order valence-electron chi connectivity index (χ0n) is 10.4. The van der Waals surface area contributed by atoms with Gasteiger partial charge in [0.05, 0.1) is 0 Å². The number of Topliss-reactive ketones (excluding diaryl/α,β-unsaturated/α-hetero) is 1. The molecule has 1 heterocycles. The molecule has 0 aliphatic carbocycles. The lowest BCUT2D eigenvalue weighted by Crippen LogP contribution is -2.33. The summed E-state index contributed by atoms with van der Waals surface area (Å²) in [6.45, 7) is 0. The molecule has 0 amide bonds. The fourth-order valence-electron chi connectivity index (χ4n) is 1.98. The van der Waals surface area contributed by atoms with Gasteiger partial charge in [-0.2, -0.15) is 0 Å². The number of ketones is 1. The molecule has 19 heavy (non-hydrogen) atoms. The van der Waals surface area contributed by atoms with Gasteiger partial charge in [0.25, 0.3) is 0 Å². The molecule has 3 rings (SSSR count). The van der Waals surface area contributed by atoms with Crippen LogP contribution in [-0.4, -0.2) is 22.5 Å². The number of rotatable bonds is 2. The van der Waals surface area contributed by atoms with Gasteiger partial charge >= 0.3 is 0 Å². The average molecular weight is 287 g/mol. The second-order valence-corrected chi connectivity index (χ2v) is 6.61. The predicted molar refractivity (Wildman–Crippen MR) is 80.5 cm³/mol. The van der Waals surface area contributed by atoms with Gasteiger partial charge in [0, 0.05) is 15.4 Å². The lowest BCUT2D eigenvalue weighted by Gasteiger charge is -2.30. The van der Waals surface area contributed by atoms with Gasteiger partial charge in [0.2, 0.25) is 0 Å². The van der Waals surface area contributed by atoms with E-state index in [1.165, 1.54) is 9.79 Å². The summed E-state index contributed by atoms with van der Waals surface area (Å²) in [7, 11) is 1.97. The molecule has 2 aromatic carbocycles. The highest BCUT2D eigenvalue weighted by Gasteiger charge is 2.31. The third-order valence-corrected chi connectivity index (χ3v) is 5.62. The van der Waals surface area contributed by atoms with Crippen molar-refractivity contribution < 1.29 is 4.79 Å². The number of thioether (sulfide) groups is 1. The van der Waals surface area contributed by atoms with Gasteiger partial charge in [0.1, 0.15) is 5.37 Å². The first-order valence-electron chi connectivity index (χ1n) is 6.01. The number of benzene rings is 2. The normalized spacial score (nSPS) is 18.9. The van der Waals surface area contributed by atoms with Crippen molar-refractivity contribution in [2.75, 3.05) is 7.05 Å². The van der Waals surface area contributed by atoms with Crippen LogP contribution in [0.2, 0.25) is 0 Å². The molecular formula is C15H13NOS2. The standard InChI is InChI=1S/C15H13NOS2/c1-16-15(14(17)11-7-3-2-4-8-11)18-12-9-5-6-10-13(12)19-16/h2-10,15H,1H3. The highest BCUT2D eigenvalue weighted by molar-refractivity contribution is 8.05. The molecule has 96 valence electrons. The van der Waals surface area contributed by atoms with Crippen LogP contribution < -0.4 is 0 Å². The van der Waals surface area contributed by atoms with Gasteiger partial charge in [-0.25, -0.2) is 4.31 Å². The summed E-state index contributed by atoms with van der Waals surface area (Å²) in [6.07, 6.45) is 0. The van der Waals surface area contributed by atoms with E-state index in [2.05, 4.69) is 12.1 Å². The summed E-state index contributed by atoms with van der Waals surface area (Å²) in [6, 6.07) is 17.7. The van der Waals surface area contributed by atoms with Gasteiger partial charge in [-0.15, -0.1) is 0 Å². The van der Waals surface area contributed by atoms with E-state index in [-0.39, 0.29) is 11.2 Å². The van der Waals surface area contributed by atoms with Crippen LogP contribution in [0.4, 0.5) is 0 Å². The van der Waals surface area contributed by atoms with Crippen molar-refractivity contribution in [1.82, 2.24) is 4.31 Å². The van der Waals surface area contributed by atoms with E-state index in [9.17, 15) is 4.79 Å². The molecule has 2 nitrogen and oxygen atoms in total. The molecule has 1 aliphatic heterocycles. The van der Waals surface area contributed by atoms with Crippen LogP contribution >= 0.6 is 23.7 Å². The molecule has 0 radical (unpaired) electrons. The highest BCUT2D eigenvalue weighted by Crippen LogP contribution is 2.43. The smallest absolute Gasteiger partial charge is 0.191 e. The van der Waals surface area contributed by atoms with Crippen LogP contribution in [0.5, 0.6) is 0 Å². The third kappa shape index (κ3) is 2.56. The van der Waals surface area contributed by atoms with Gasteiger partial charge < -0.3 is 0 Å². The van der Waals surface area contributed by atoms with E-state index >= 15 is 0 Å². The minimum Gasteiger partial charge on any atom is -0.291 e. The van der Waals surface area contributed by atoms with Crippen molar-refractivity contribution in [2.24, 2.45) is 0 Å². The summed E-state index contributed by atoms with van der Waals surface area (Å²) < 4.78 is 2.03. The quantitative estimate of drug-likeness (QED) is 0.615. The maximum absolute atomic E-state index is 12.5. The Balaban J connectivity index is 1.89. The molecule has 0 spiro atoms. The fraction of sp³-hybridized carbons (Fsp3) is 0.133. The predicted octanol–water partition coefficient (Wildman–Crippen LogP) is 3.94. The van der Waals surface area contributed by atoms with E-state index in [4.69, 9.17) is 0 Å². The Kier molecular flexibility index (Phi) is 3.64. The van der Waals surface area contributed by atoms with Crippen molar-refractivity contribution in [3.05, 3.63) is 60.2 Å². The molecule has 0 saturated carbocycles. The monoisotopic (exact) mass is 287 g/mol. The Morgan fingerprint density at radius 1 is 1.00 bits per heavy atom. The van der Waals surface area contributed by atoms with Crippen molar-refractivity contribution in [2.45, 2.75) is 15.2 Å². The topological polar surface area (TPSA) is 20.3 Å². The molecule has 1 atom stereocenters. The summed E-state index contributed by atoms with van der Waals surface area (Å²) in [5.41, 5.74) is 0.770. The maximum atomic E-state index is 12.5. The molecule has 1 aliphatic rings. The average Bonchev–Trinajstić information content (AvgIpc) is 2.47. The van der Waals surface area contributed by atoms with Crippen LogP contribution in [0.3, 0.4) is 0 Å². The fourth-order valence-corrected chi connectivity index (χ4v) is 4.27. The first-order valence-corrected chi connectivity index (χ1v) is 7.67. The largest absolute Gasteiger partial charge is 0.291 e. The van der Waals surface area contributed by atoms with E-state index < -0.39 is 0 Å². The van der Waals surface area contributed by atoms with Gasteiger partial charge in [0.15, 0.2) is 5.78 Å². The third-order valence-electron chi connectivity index (χ3n) is 2.94.